The van der Waals surface area contributed by atoms with Crippen molar-refractivity contribution in [3.63, 3.8) is 0 Å². The Morgan fingerprint density at radius 3 is 3.06 bits per heavy atom. The molecule has 0 aliphatic carbocycles. The number of aromatic amines is 1. The van der Waals surface area contributed by atoms with Crippen molar-refractivity contribution in [3.05, 3.63) is 22.2 Å². The Balaban J connectivity index is 2.30. The van der Waals surface area contributed by atoms with Crippen LogP contribution in [-0.4, -0.2) is 16.5 Å². The lowest BCUT2D eigenvalue weighted by atomic mass is 10.3. The van der Waals surface area contributed by atoms with E-state index in [0.29, 0.717) is 9.64 Å². The van der Waals surface area contributed by atoms with Crippen LogP contribution in [0.2, 0.25) is 0 Å². The van der Waals surface area contributed by atoms with Gasteiger partial charge >= 0.3 is 0 Å². The summed E-state index contributed by atoms with van der Waals surface area (Å²) in [5.41, 5.74) is 9.35. The number of nitrogens with two attached hydrogens (primary N) is 1. The van der Waals surface area contributed by atoms with Crippen molar-refractivity contribution in [1.82, 2.24) is 4.98 Å². The van der Waals surface area contributed by atoms with Gasteiger partial charge in [-0.15, -0.1) is 11.3 Å². The van der Waals surface area contributed by atoms with E-state index in [1.807, 2.05) is 12.1 Å². The van der Waals surface area contributed by atoms with Gasteiger partial charge in [-0.25, -0.2) is 0 Å². The summed E-state index contributed by atoms with van der Waals surface area (Å²) in [6, 6.07) is 7.23. The lowest BCUT2D eigenvalue weighted by Gasteiger charge is -2.00. The average Bonchev–Trinajstić information content (AvgIpc) is 2.68. The molecule has 0 aliphatic rings. The number of nitriles is 1. The molecule has 0 saturated carbocycles. The summed E-state index contributed by atoms with van der Waals surface area (Å²) < 4.78 is 1.69. The van der Waals surface area contributed by atoms with Gasteiger partial charge in [-0.05, 0) is 30.4 Å². The largest absolute Gasteiger partial charge is 0.382 e. The molecule has 0 unspecified atom stereocenters. The molecule has 8 heteroatoms. The van der Waals surface area contributed by atoms with Crippen molar-refractivity contribution in [2.75, 3.05) is 5.43 Å². The third-order valence-electron chi connectivity index (χ3n) is 2.08. The number of rotatable bonds is 3. The zero-order valence-corrected chi connectivity index (χ0v) is 10.7. The van der Waals surface area contributed by atoms with E-state index in [-0.39, 0.29) is 11.5 Å². The number of benzene rings is 1. The summed E-state index contributed by atoms with van der Waals surface area (Å²) in [6.07, 6.45) is 0. The molecule has 2 aromatic rings. The number of hydrogen-bond donors (Lipinski definition) is 4. The third kappa shape index (κ3) is 2.53. The van der Waals surface area contributed by atoms with Gasteiger partial charge in [0.15, 0.2) is 9.79 Å². The van der Waals surface area contributed by atoms with Gasteiger partial charge in [0.05, 0.1) is 15.9 Å². The fraction of sp³-hybridized carbons (Fsp3) is 0. The number of amidine groups is 1. The van der Waals surface area contributed by atoms with Gasteiger partial charge in [-0.1, -0.05) is 0 Å². The first-order valence-electron chi connectivity index (χ1n) is 4.81. The summed E-state index contributed by atoms with van der Waals surface area (Å²) >= 11 is 6.49. The van der Waals surface area contributed by atoms with Gasteiger partial charge in [-0.3, -0.25) is 10.8 Å². The molecule has 0 spiro atoms. The van der Waals surface area contributed by atoms with Gasteiger partial charge in [-0.2, -0.15) is 10.4 Å². The van der Waals surface area contributed by atoms with E-state index < -0.39 is 0 Å². The summed E-state index contributed by atoms with van der Waals surface area (Å²) in [5.74, 6) is -0.372. The number of thiazole rings is 1. The number of H-pyrrole nitrogens is 1. The lowest BCUT2D eigenvalue weighted by molar-refractivity contribution is 1.34. The number of aromatic nitrogens is 1. The Morgan fingerprint density at radius 2 is 2.39 bits per heavy atom. The second kappa shape index (κ2) is 4.95. The molecule has 0 saturated heterocycles. The number of nitrogens with zero attached hydrogens (tertiary/aromatic N) is 2. The molecule has 5 N–H and O–H groups in total. The highest BCUT2D eigenvalue weighted by Crippen LogP contribution is 2.23. The van der Waals surface area contributed by atoms with Gasteiger partial charge in [0.2, 0.25) is 5.71 Å². The Bertz CT molecular complexity index is 733. The molecule has 90 valence electrons. The molecule has 1 aromatic heterocycles. The second-order valence-corrected chi connectivity index (χ2v) is 5.04. The van der Waals surface area contributed by atoms with Crippen LogP contribution in [0.25, 0.3) is 10.2 Å². The maximum atomic E-state index is 8.69. The van der Waals surface area contributed by atoms with E-state index >= 15 is 0 Å². The van der Waals surface area contributed by atoms with Crippen molar-refractivity contribution in [1.29, 1.82) is 10.7 Å². The topological polar surface area (TPSA) is 114 Å². The monoisotopic (exact) mass is 276 g/mol. The van der Waals surface area contributed by atoms with Crippen LogP contribution in [0.3, 0.4) is 0 Å². The summed E-state index contributed by atoms with van der Waals surface area (Å²) in [4.78, 5) is 3.04. The average molecular weight is 276 g/mol. The quantitative estimate of drug-likeness (QED) is 0.298. The SMILES string of the molecule is N#C/C(=N\Nc1ccc2[nH]c(=S)sc2c1)C(=N)N. The van der Waals surface area contributed by atoms with Gasteiger partial charge in [0.25, 0.3) is 0 Å². The molecule has 0 radical (unpaired) electrons. The van der Waals surface area contributed by atoms with E-state index in [1.165, 1.54) is 11.3 Å². The number of anilines is 1. The van der Waals surface area contributed by atoms with Crippen LogP contribution in [-0.2, 0) is 0 Å². The second-order valence-electron chi connectivity index (χ2n) is 3.32. The van der Waals surface area contributed by atoms with Crippen LogP contribution in [0.5, 0.6) is 0 Å². The highest BCUT2D eigenvalue weighted by molar-refractivity contribution is 7.73. The van der Waals surface area contributed by atoms with Crippen LogP contribution in [0.1, 0.15) is 0 Å². The van der Waals surface area contributed by atoms with E-state index in [2.05, 4.69) is 15.5 Å². The summed E-state index contributed by atoms with van der Waals surface area (Å²) in [6.45, 7) is 0. The van der Waals surface area contributed by atoms with E-state index in [4.69, 9.17) is 28.6 Å². The lowest BCUT2D eigenvalue weighted by Crippen LogP contribution is -2.21. The van der Waals surface area contributed by atoms with E-state index in [1.54, 1.807) is 12.1 Å². The fourth-order valence-electron chi connectivity index (χ4n) is 1.28. The number of hydrogen-bond acceptors (Lipinski definition) is 6. The molecule has 1 heterocycles. The first-order chi connectivity index (χ1) is 8.60. The Hall–Kier alpha value is -2.24. The van der Waals surface area contributed by atoms with Gasteiger partial charge < -0.3 is 10.7 Å². The molecule has 18 heavy (non-hydrogen) atoms. The molecule has 0 fully saturated rings. The minimum Gasteiger partial charge on any atom is -0.382 e. The molecule has 6 nitrogen and oxygen atoms in total. The molecular formula is C10H8N6S2. The zero-order chi connectivity index (χ0) is 13.1. The Labute approximate surface area is 111 Å². The highest BCUT2D eigenvalue weighted by atomic mass is 32.1. The molecule has 0 bridgehead atoms. The van der Waals surface area contributed by atoms with Crippen LogP contribution in [0.15, 0.2) is 23.3 Å². The molecule has 0 amide bonds. The molecular weight excluding hydrogens is 268 g/mol. The number of nitrogens with one attached hydrogen (secondary N) is 3. The van der Waals surface area contributed by atoms with Crippen molar-refractivity contribution >= 4 is 51.0 Å². The van der Waals surface area contributed by atoms with Crippen LogP contribution in [0.4, 0.5) is 5.69 Å². The highest BCUT2D eigenvalue weighted by Gasteiger charge is 2.02. The smallest absolute Gasteiger partial charge is 0.201 e. The zero-order valence-electron chi connectivity index (χ0n) is 9.02. The summed E-state index contributed by atoms with van der Waals surface area (Å²) in [7, 11) is 0. The van der Waals surface area contributed by atoms with Crippen molar-refractivity contribution in [3.8, 4) is 6.07 Å². The van der Waals surface area contributed by atoms with Crippen molar-refractivity contribution < 1.29 is 0 Å². The standard InChI is InChI=1S/C10H8N6S2/c11-4-7(9(12)13)16-15-5-1-2-6-8(3-5)18-10(17)14-6/h1-3,15H,(H3,12,13)(H,14,17)/b16-7+. The van der Waals surface area contributed by atoms with Gasteiger partial charge in [0.1, 0.15) is 6.07 Å². The van der Waals surface area contributed by atoms with E-state index in [9.17, 15) is 0 Å². The molecule has 2 rings (SSSR count). The van der Waals surface area contributed by atoms with Crippen LogP contribution in [0, 0.1) is 20.7 Å². The predicted octanol–water partition coefficient (Wildman–Crippen LogP) is 2.19. The molecule has 0 aliphatic heterocycles. The minimum atomic E-state index is -0.372. The predicted molar refractivity (Wildman–Crippen MR) is 75.6 cm³/mol. The third-order valence-corrected chi connectivity index (χ3v) is 3.28. The van der Waals surface area contributed by atoms with Crippen molar-refractivity contribution in [2.24, 2.45) is 10.8 Å². The number of fused-ring (bicyclic) bond motifs is 1. The fourth-order valence-corrected chi connectivity index (χ4v) is 2.44. The minimum absolute atomic E-state index is 0.156. The Kier molecular flexibility index (Phi) is 3.36. The first kappa shape index (κ1) is 12.2. The van der Waals surface area contributed by atoms with Crippen LogP contribution < -0.4 is 11.2 Å². The van der Waals surface area contributed by atoms with Crippen LogP contribution >= 0.6 is 23.6 Å². The Morgan fingerprint density at radius 1 is 1.61 bits per heavy atom. The van der Waals surface area contributed by atoms with Crippen molar-refractivity contribution in [2.45, 2.75) is 0 Å². The summed E-state index contributed by atoms with van der Waals surface area (Å²) in [5, 5.41) is 19.6. The first-order valence-corrected chi connectivity index (χ1v) is 6.03. The maximum absolute atomic E-state index is 8.69. The van der Waals surface area contributed by atoms with Gasteiger partial charge in [0, 0.05) is 0 Å². The number of hydrazone groups is 1. The molecule has 0 atom stereocenters. The maximum Gasteiger partial charge on any atom is 0.201 e. The van der Waals surface area contributed by atoms with E-state index in [0.717, 1.165) is 10.2 Å². The normalized spacial score (nSPS) is 11.2. The molecule has 1 aromatic carbocycles.